The summed E-state index contributed by atoms with van der Waals surface area (Å²) in [5.41, 5.74) is 6.95. The number of methoxy groups -OCH3 is 1. The van der Waals surface area contributed by atoms with E-state index in [2.05, 4.69) is 0 Å². The third-order valence-corrected chi connectivity index (χ3v) is 6.48. The zero-order valence-corrected chi connectivity index (χ0v) is 16.3. The molecule has 0 bridgehead atoms. The molecule has 1 aliphatic rings. The van der Waals surface area contributed by atoms with E-state index in [0.717, 1.165) is 5.56 Å². The highest BCUT2D eigenvalue weighted by Gasteiger charge is 2.32. The first kappa shape index (κ1) is 19.8. The number of nitrogens with zero attached hydrogens (tertiary/aromatic N) is 2. The van der Waals surface area contributed by atoms with Crippen molar-refractivity contribution in [2.45, 2.75) is 11.4 Å². The zero-order valence-electron chi connectivity index (χ0n) is 15.5. The number of benzene rings is 2. The molecule has 28 heavy (non-hydrogen) atoms. The predicted octanol–water partition coefficient (Wildman–Crippen LogP) is 1.01. The summed E-state index contributed by atoms with van der Waals surface area (Å²) in [4.78, 5) is 14.3. The Morgan fingerprint density at radius 3 is 2.29 bits per heavy atom. The van der Waals surface area contributed by atoms with Crippen molar-refractivity contribution in [3.63, 3.8) is 0 Å². The molecule has 1 aliphatic heterocycles. The molecule has 0 spiro atoms. The van der Waals surface area contributed by atoms with Gasteiger partial charge in [0.25, 0.3) is 0 Å². The average molecular weight is 402 g/mol. The van der Waals surface area contributed by atoms with E-state index in [1.54, 1.807) is 29.2 Å². The molecule has 3 rings (SSSR count). The van der Waals surface area contributed by atoms with Gasteiger partial charge in [0.05, 0.1) is 18.6 Å². The number of amides is 1. The van der Waals surface area contributed by atoms with Gasteiger partial charge >= 0.3 is 0 Å². The number of nitrogen functional groups attached to an aromatic ring is 1. The normalized spacial score (nSPS) is 15.5. The van der Waals surface area contributed by atoms with Crippen molar-refractivity contribution in [1.82, 2.24) is 9.21 Å². The lowest BCUT2D eigenvalue weighted by Gasteiger charge is -2.33. The second-order valence-corrected chi connectivity index (χ2v) is 8.38. The second kappa shape index (κ2) is 7.99. The number of sulfonamides is 1. The van der Waals surface area contributed by atoms with Crippen molar-refractivity contribution in [2.24, 2.45) is 5.73 Å². The number of amidine groups is 1. The van der Waals surface area contributed by atoms with Gasteiger partial charge in [0.15, 0.2) is 0 Å². The summed E-state index contributed by atoms with van der Waals surface area (Å²) in [6.45, 7) is 0.724. The summed E-state index contributed by atoms with van der Waals surface area (Å²) < 4.78 is 31.8. The van der Waals surface area contributed by atoms with Crippen LogP contribution < -0.4 is 10.5 Å². The van der Waals surface area contributed by atoms with E-state index in [1.165, 1.54) is 23.5 Å². The Morgan fingerprint density at radius 1 is 1.11 bits per heavy atom. The van der Waals surface area contributed by atoms with Crippen molar-refractivity contribution in [2.75, 3.05) is 26.7 Å². The summed E-state index contributed by atoms with van der Waals surface area (Å²) in [7, 11) is -2.23. The first-order chi connectivity index (χ1) is 13.3. The van der Waals surface area contributed by atoms with Gasteiger partial charge in [-0.2, -0.15) is 4.31 Å². The van der Waals surface area contributed by atoms with Crippen molar-refractivity contribution < 1.29 is 17.9 Å². The van der Waals surface area contributed by atoms with Gasteiger partial charge in [0, 0.05) is 25.2 Å². The van der Waals surface area contributed by atoms with Gasteiger partial charge in [0.2, 0.25) is 15.9 Å². The monoisotopic (exact) mass is 402 g/mol. The van der Waals surface area contributed by atoms with E-state index in [9.17, 15) is 13.2 Å². The van der Waals surface area contributed by atoms with Crippen molar-refractivity contribution in [1.29, 1.82) is 5.41 Å². The smallest absolute Gasteiger partial charge is 0.243 e. The fraction of sp³-hybridized carbons (Fsp3) is 0.263. The fourth-order valence-electron chi connectivity index (χ4n) is 2.97. The van der Waals surface area contributed by atoms with Gasteiger partial charge in [-0.05, 0) is 29.8 Å². The quantitative estimate of drug-likeness (QED) is 0.552. The first-order valence-corrected chi connectivity index (χ1v) is 10.1. The maximum absolute atomic E-state index is 12.8. The number of nitrogens with one attached hydrogen (secondary N) is 1. The third-order valence-electron chi connectivity index (χ3n) is 4.62. The minimum atomic E-state index is -3.74. The van der Waals surface area contributed by atoms with Crippen LogP contribution in [0.1, 0.15) is 11.1 Å². The van der Waals surface area contributed by atoms with Gasteiger partial charge in [0.1, 0.15) is 11.6 Å². The number of nitrogens with two attached hydrogens (primary N) is 1. The number of carbonyl (C=O) groups is 1. The Hall–Kier alpha value is -2.91. The van der Waals surface area contributed by atoms with Crippen LogP contribution in [0.4, 0.5) is 0 Å². The Bertz CT molecular complexity index is 972. The van der Waals surface area contributed by atoms with Gasteiger partial charge in [-0.25, -0.2) is 8.42 Å². The molecule has 3 N–H and O–H groups in total. The van der Waals surface area contributed by atoms with Crippen molar-refractivity contribution in [3.05, 3.63) is 59.7 Å². The number of hydrogen-bond donors (Lipinski definition) is 2. The van der Waals surface area contributed by atoms with Gasteiger partial charge < -0.3 is 15.4 Å². The zero-order chi connectivity index (χ0) is 20.3. The van der Waals surface area contributed by atoms with Crippen LogP contribution in [0, 0.1) is 5.41 Å². The molecule has 0 aliphatic carbocycles. The molecule has 0 radical (unpaired) electrons. The highest BCUT2D eigenvalue weighted by molar-refractivity contribution is 7.89. The summed E-state index contributed by atoms with van der Waals surface area (Å²) >= 11 is 0. The Balaban J connectivity index is 1.67. The summed E-state index contributed by atoms with van der Waals surface area (Å²) in [5, 5.41) is 7.41. The molecular weight excluding hydrogens is 380 g/mol. The highest BCUT2D eigenvalue weighted by atomic mass is 32.2. The minimum absolute atomic E-state index is 0.0139. The first-order valence-electron chi connectivity index (χ1n) is 8.66. The number of piperazine rings is 1. The van der Waals surface area contributed by atoms with Gasteiger partial charge in [-0.1, -0.05) is 24.3 Å². The minimum Gasteiger partial charge on any atom is -0.497 e. The van der Waals surface area contributed by atoms with Crippen molar-refractivity contribution in [3.8, 4) is 5.75 Å². The highest BCUT2D eigenvalue weighted by Crippen LogP contribution is 2.21. The maximum atomic E-state index is 12.8. The lowest BCUT2D eigenvalue weighted by molar-refractivity contribution is -0.134. The topological polar surface area (TPSA) is 117 Å². The summed E-state index contributed by atoms with van der Waals surface area (Å²) in [6.07, 6.45) is 0. The molecule has 1 amide bonds. The Morgan fingerprint density at radius 2 is 1.75 bits per heavy atom. The molecular formula is C19H22N4O4S. The van der Waals surface area contributed by atoms with Gasteiger partial charge in [-0.15, -0.1) is 0 Å². The Kier molecular flexibility index (Phi) is 5.66. The van der Waals surface area contributed by atoms with E-state index < -0.39 is 10.0 Å². The summed E-state index contributed by atoms with van der Waals surface area (Å²) in [5.74, 6) is 0.301. The van der Waals surface area contributed by atoms with Crippen LogP contribution in [0.3, 0.4) is 0 Å². The molecule has 148 valence electrons. The average Bonchev–Trinajstić information content (AvgIpc) is 2.70. The molecule has 0 aromatic heterocycles. The standard InChI is InChI=1S/C19H22N4O4S/c1-27-16-6-8-17(9-7-16)28(25,26)23-11-10-22(18(24)13-23)12-14-2-4-15(5-3-14)19(20)21/h2-9H,10-13H2,1H3,(H3,20,21). The second-order valence-electron chi connectivity index (χ2n) is 6.44. The molecule has 8 nitrogen and oxygen atoms in total. The molecule has 1 heterocycles. The summed E-state index contributed by atoms with van der Waals surface area (Å²) in [6, 6.07) is 13.2. The molecule has 1 saturated heterocycles. The molecule has 9 heteroatoms. The largest absolute Gasteiger partial charge is 0.497 e. The van der Waals surface area contributed by atoms with E-state index >= 15 is 0 Å². The Labute approximate surface area is 164 Å². The maximum Gasteiger partial charge on any atom is 0.243 e. The van der Waals surface area contributed by atoms with E-state index in [1.807, 2.05) is 12.1 Å². The molecule has 1 fully saturated rings. The van der Waals surface area contributed by atoms with E-state index in [4.69, 9.17) is 15.9 Å². The van der Waals surface area contributed by atoms with E-state index in [-0.39, 0.29) is 29.7 Å². The number of rotatable bonds is 6. The molecule has 2 aromatic carbocycles. The van der Waals surface area contributed by atoms with Crippen LogP contribution in [0.2, 0.25) is 0 Å². The number of hydrogen-bond acceptors (Lipinski definition) is 5. The molecule has 2 aromatic rings. The number of carbonyl (C=O) groups excluding carboxylic acids is 1. The van der Waals surface area contributed by atoms with Crippen LogP contribution in [0.15, 0.2) is 53.4 Å². The molecule has 0 saturated carbocycles. The lowest BCUT2D eigenvalue weighted by Crippen LogP contribution is -2.51. The number of ether oxygens (including phenoxy) is 1. The molecule has 0 atom stereocenters. The third kappa shape index (κ3) is 4.15. The van der Waals surface area contributed by atoms with Gasteiger partial charge in [-0.3, -0.25) is 10.2 Å². The predicted molar refractivity (Wildman–Crippen MR) is 105 cm³/mol. The van der Waals surface area contributed by atoms with Crippen molar-refractivity contribution >= 4 is 21.8 Å². The lowest BCUT2D eigenvalue weighted by atomic mass is 10.1. The van der Waals surface area contributed by atoms with Crippen LogP contribution in [-0.4, -0.2) is 56.1 Å². The van der Waals surface area contributed by atoms with Crippen LogP contribution in [-0.2, 0) is 21.4 Å². The molecule has 0 unspecified atom stereocenters. The van der Waals surface area contributed by atoms with E-state index in [0.29, 0.717) is 24.4 Å². The SMILES string of the molecule is COc1ccc(S(=O)(=O)N2CCN(Cc3ccc(C(=N)N)cc3)C(=O)C2)cc1. The van der Waals surface area contributed by atoms with Crippen LogP contribution >= 0.6 is 0 Å². The van der Waals surface area contributed by atoms with Crippen LogP contribution in [0.5, 0.6) is 5.75 Å². The fourth-order valence-corrected chi connectivity index (χ4v) is 4.35. The van der Waals surface area contributed by atoms with Crippen LogP contribution in [0.25, 0.3) is 0 Å².